The van der Waals surface area contributed by atoms with Gasteiger partial charge in [-0.05, 0) is 19.1 Å². The monoisotopic (exact) mass is 411 g/mol. The number of carbonyl (C=O) groups is 1. The standard InChI is InChI=1S/C12H8N2.C3H7NO2.Cu.NO3.H2O/c1-3-9-5-6-10-4-2-8-14-12(10)11(9)13-7-1;1-2(4)3(5)6;;2-1(3)4;/h1-8H;2H,4H2,1H3,(H,5,6);;;1H2/q;;+2;-1;/p-1. The minimum absolute atomic E-state index is 0. The summed E-state index contributed by atoms with van der Waals surface area (Å²) < 4.78 is 0. The zero-order chi connectivity index (χ0) is 18.1. The van der Waals surface area contributed by atoms with E-state index in [-0.39, 0.29) is 22.5 Å². The number of carboxylic acids is 1. The molecule has 0 fully saturated rings. The molecule has 0 amide bonds. The summed E-state index contributed by atoms with van der Waals surface area (Å²) in [7, 11) is 0. The molecule has 1 atom stereocenters. The van der Waals surface area contributed by atoms with Crippen molar-refractivity contribution in [2.24, 2.45) is 5.73 Å². The van der Waals surface area contributed by atoms with Gasteiger partial charge >= 0.3 is 17.1 Å². The smallest absolute Gasteiger partial charge is 0.548 e. The second kappa shape index (κ2) is 12.5. The van der Waals surface area contributed by atoms with Crippen molar-refractivity contribution < 1.29 is 37.5 Å². The van der Waals surface area contributed by atoms with Gasteiger partial charge in [-0.25, -0.2) is 0 Å². The molecule has 0 aliphatic heterocycles. The number of rotatable bonds is 1. The van der Waals surface area contributed by atoms with Crippen molar-refractivity contribution in [2.75, 3.05) is 0 Å². The molecule has 0 saturated heterocycles. The van der Waals surface area contributed by atoms with Gasteiger partial charge < -0.3 is 36.4 Å². The number of nitrogens with zero attached hydrogens (tertiary/aromatic N) is 3. The van der Waals surface area contributed by atoms with Crippen LogP contribution in [0.3, 0.4) is 0 Å². The van der Waals surface area contributed by atoms with Crippen LogP contribution in [0, 0.1) is 15.3 Å². The van der Waals surface area contributed by atoms with E-state index in [9.17, 15) is 9.90 Å². The minimum atomic E-state index is -1.75. The summed E-state index contributed by atoms with van der Waals surface area (Å²) >= 11 is 0. The maximum atomic E-state index is 9.46. The molecule has 2 aromatic heterocycles. The van der Waals surface area contributed by atoms with Crippen molar-refractivity contribution in [1.82, 2.24) is 9.97 Å². The van der Waals surface area contributed by atoms with E-state index in [1.165, 1.54) is 6.92 Å². The summed E-state index contributed by atoms with van der Waals surface area (Å²) in [6, 6.07) is 11.3. The fourth-order valence-electron chi connectivity index (χ4n) is 1.68. The number of aromatic nitrogens is 2. The molecular weight excluding hydrogens is 396 g/mol. The number of fused-ring (bicyclic) bond motifs is 3. The Balaban J connectivity index is 0. The number of hydrogen-bond donors (Lipinski definition) is 1. The van der Waals surface area contributed by atoms with Crippen LogP contribution < -0.4 is 10.8 Å². The third-order valence-electron chi connectivity index (χ3n) is 2.72. The van der Waals surface area contributed by atoms with Gasteiger partial charge in [-0.15, -0.1) is 0 Å². The van der Waals surface area contributed by atoms with Gasteiger partial charge in [-0.3, -0.25) is 9.97 Å². The molecule has 1 unspecified atom stereocenters. The SMILES string of the molecule is CC(N)C(=O)[O-].O.O=[N+]([O-])[O-].[Cu+2].c1cnc2c(c1)ccc1cccnc12. The maximum absolute atomic E-state index is 9.46. The second-order valence-corrected chi connectivity index (χ2v) is 4.55. The first-order valence-electron chi connectivity index (χ1n) is 6.69. The van der Waals surface area contributed by atoms with Crippen LogP contribution in [0.1, 0.15) is 6.92 Å². The van der Waals surface area contributed by atoms with Gasteiger partial charge in [0.1, 0.15) is 0 Å². The Labute approximate surface area is 158 Å². The molecule has 4 N–H and O–H groups in total. The van der Waals surface area contributed by atoms with Crippen molar-refractivity contribution in [3.63, 3.8) is 0 Å². The number of carboxylic acid groups (broad SMARTS) is 1. The van der Waals surface area contributed by atoms with Crippen LogP contribution >= 0.6 is 0 Å². The van der Waals surface area contributed by atoms with Crippen LogP contribution in [0.15, 0.2) is 48.8 Å². The van der Waals surface area contributed by atoms with Crippen molar-refractivity contribution in [2.45, 2.75) is 13.0 Å². The van der Waals surface area contributed by atoms with Gasteiger partial charge in [0.05, 0.1) is 22.1 Å². The van der Waals surface area contributed by atoms with Crippen LogP contribution in [-0.2, 0) is 21.9 Å². The zero-order valence-corrected chi connectivity index (χ0v) is 14.4. The van der Waals surface area contributed by atoms with E-state index in [4.69, 9.17) is 21.1 Å². The van der Waals surface area contributed by atoms with Crippen LogP contribution in [0.2, 0.25) is 0 Å². The number of nitrogens with two attached hydrogens (primary N) is 1. The number of pyridine rings is 2. The van der Waals surface area contributed by atoms with E-state index in [1.807, 2.05) is 12.1 Å². The number of benzene rings is 1. The quantitative estimate of drug-likeness (QED) is 0.246. The molecule has 0 aliphatic carbocycles. The van der Waals surface area contributed by atoms with Crippen molar-refractivity contribution in [3.05, 3.63) is 64.1 Å². The predicted octanol–water partition coefficient (Wildman–Crippen LogP) is -0.200. The van der Waals surface area contributed by atoms with Crippen LogP contribution in [-0.4, -0.2) is 32.5 Å². The first-order chi connectivity index (χ1) is 11.3. The van der Waals surface area contributed by atoms with E-state index in [0.29, 0.717) is 0 Å². The van der Waals surface area contributed by atoms with Crippen molar-refractivity contribution >= 4 is 27.8 Å². The van der Waals surface area contributed by atoms with Gasteiger partial charge in [0.25, 0.3) is 0 Å². The maximum Gasteiger partial charge on any atom is 2.00 e. The normalized spacial score (nSPS) is 9.92. The predicted molar refractivity (Wildman–Crippen MR) is 89.7 cm³/mol. The Hall–Kier alpha value is -2.85. The van der Waals surface area contributed by atoms with Crippen LogP contribution in [0.5, 0.6) is 0 Å². The minimum Gasteiger partial charge on any atom is -0.548 e. The largest absolute Gasteiger partial charge is 2.00 e. The first-order valence-corrected chi connectivity index (χ1v) is 6.69. The third kappa shape index (κ3) is 8.31. The molecule has 3 rings (SSSR count). The zero-order valence-electron chi connectivity index (χ0n) is 13.5. The molecule has 1 radical (unpaired) electrons. The molecule has 0 spiro atoms. The van der Waals surface area contributed by atoms with Gasteiger partial charge in [0, 0.05) is 29.2 Å². The molecule has 11 heteroatoms. The molecule has 2 heterocycles. The summed E-state index contributed by atoms with van der Waals surface area (Å²) in [5.41, 5.74) is 6.73. The molecular formula is C15H16CuN4O6. The molecule has 0 bridgehead atoms. The van der Waals surface area contributed by atoms with E-state index < -0.39 is 17.1 Å². The second-order valence-electron chi connectivity index (χ2n) is 4.55. The number of hydrogen-bond acceptors (Lipinski definition) is 8. The molecule has 26 heavy (non-hydrogen) atoms. The van der Waals surface area contributed by atoms with E-state index >= 15 is 0 Å². The Morgan fingerprint density at radius 1 is 1.04 bits per heavy atom. The topological polar surface area (TPSA) is 190 Å². The van der Waals surface area contributed by atoms with E-state index in [2.05, 4.69) is 34.2 Å². The van der Waals surface area contributed by atoms with Crippen LogP contribution in [0.4, 0.5) is 0 Å². The van der Waals surface area contributed by atoms with Gasteiger partial charge in [-0.2, -0.15) is 0 Å². The van der Waals surface area contributed by atoms with Gasteiger partial charge in [0.15, 0.2) is 0 Å². The molecule has 10 nitrogen and oxygen atoms in total. The van der Waals surface area contributed by atoms with Gasteiger partial charge in [-0.1, -0.05) is 24.3 Å². The Bertz CT molecular complexity index is 788. The first kappa shape index (κ1) is 25.4. The molecule has 143 valence electrons. The summed E-state index contributed by atoms with van der Waals surface area (Å²) in [6.45, 7) is 1.36. The fraction of sp³-hybridized carbons (Fsp3) is 0.133. The molecule has 3 aromatic rings. The molecule has 1 aromatic carbocycles. The fourth-order valence-corrected chi connectivity index (χ4v) is 1.68. The number of carbonyl (C=O) groups excluding carboxylic acids is 1. The molecule has 0 aliphatic rings. The summed E-state index contributed by atoms with van der Waals surface area (Å²) in [4.78, 5) is 26.4. The summed E-state index contributed by atoms with van der Waals surface area (Å²) in [5.74, 6) is -1.21. The molecule has 0 saturated carbocycles. The van der Waals surface area contributed by atoms with E-state index in [1.54, 1.807) is 12.4 Å². The van der Waals surface area contributed by atoms with Crippen molar-refractivity contribution in [1.29, 1.82) is 0 Å². The average molecular weight is 412 g/mol. The Morgan fingerprint density at radius 2 is 1.35 bits per heavy atom. The number of aliphatic carboxylic acids is 1. The Morgan fingerprint density at radius 3 is 1.62 bits per heavy atom. The van der Waals surface area contributed by atoms with Crippen LogP contribution in [0.25, 0.3) is 21.8 Å². The van der Waals surface area contributed by atoms with Crippen molar-refractivity contribution in [3.8, 4) is 0 Å². The summed E-state index contributed by atoms with van der Waals surface area (Å²) in [6.07, 6.45) is 3.60. The van der Waals surface area contributed by atoms with E-state index in [0.717, 1.165) is 21.8 Å². The van der Waals surface area contributed by atoms with Gasteiger partial charge in [0.2, 0.25) is 0 Å². The summed E-state index contributed by atoms with van der Waals surface area (Å²) in [5, 5.41) is 26.5. The Kier molecular flexibility index (Phi) is 12.2. The third-order valence-corrected chi connectivity index (χ3v) is 2.72. The average Bonchev–Trinajstić information content (AvgIpc) is 2.55.